The number of imide groups is 1. The fourth-order valence-electron chi connectivity index (χ4n) is 3.97. The minimum Gasteiger partial charge on any atom is -0.366 e. The number of benzene rings is 2. The average molecular weight is 467 g/mol. The molecule has 4 rings (SSSR count). The maximum atomic E-state index is 12.8. The fourth-order valence-corrected chi connectivity index (χ4v) is 4.22. The number of nitrogens with zero attached hydrogens (tertiary/aromatic N) is 4. The number of anilines is 1. The summed E-state index contributed by atoms with van der Waals surface area (Å²) in [5.41, 5.74) is 6.71. The number of amides is 3. The van der Waals surface area contributed by atoms with Gasteiger partial charge >= 0.3 is 6.03 Å². The number of piperazine rings is 1. The normalized spacial score (nSPS) is 15.1. The Hall–Kier alpha value is -3.69. The topological polar surface area (TPSA) is 114 Å². The third-order valence-electron chi connectivity index (χ3n) is 5.53. The number of halogens is 1. The quantitative estimate of drug-likeness (QED) is 0.594. The van der Waals surface area contributed by atoms with Crippen molar-refractivity contribution in [2.75, 3.05) is 31.1 Å². The maximum Gasteiger partial charge on any atom is 0.318 e. The second-order valence-electron chi connectivity index (χ2n) is 7.59. The van der Waals surface area contributed by atoms with Gasteiger partial charge in [0.05, 0.1) is 17.6 Å². The van der Waals surface area contributed by atoms with E-state index < -0.39 is 23.5 Å². The zero-order valence-electron chi connectivity index (χ0n) is 17.7. The highest BCUT2D eigenvalue weighted by Crippen LogP contribution is 2.27. The monoisotopic (exact) mass is 466 g/mol. The molecule has 3 aromatic rings. The molecule has 0 spiro atoms. The summed E-state index contributed by atoms with van der Waals surface area (Å²) in [6, 6.07) is 16.7. The first kappa shape index (κ1) is 22.5. The Labute approximate surface area is 195 Å². The first-order valence-electron chi connectivity index (χ1n) is 10.4. The molecule has 1 aliphatic rings. The van der Waals surface area contributed by atoms with Crippen LogP contribution in [0.1, 0.15) is 11.6 Å². The van der Waals surface area contributed by atoms with Crippen molar-refractivity contribution in [3.8, 4) is 5.69 Å². The molecule has 3 amide bonds. The number of carbonyl (C=O) groups excluding carboxylic acids is 2. The highest BCUT2D eigenvalue weighted by molar-refractivity contribution is 6.33. The second-order valence-corrected chi connectivity index (χ2v) is 7.96. The highest BCUT2D eigenvalue weighted by Gasteiger charge is 2.32. The lowest BCUT2D eigenvalue weighted by Crippen LogP contribution is -2.52. The van der Waals surface area contributed by atoms with Gasteiger partial charge in [-0.15, -0.1) is 0 Å². The number of hydrogen-bond donors (Lipinski definition) is 2. The van der Waals surface area contributed by atoms with Gasteiger partial charge in [-0.05, 0) is 17.7 Å². The van der Waals surface area contributed by atoms with Crippen LogP contribution in [0.15, 0.2) is 71.7 Å². The van der Waals surface area contributed by atoms with Gasteiger partial charge in [0.1, 0.15) is 11.1 Å². The molecular weight excluding hydrogens is 444 g/mol. The van der Waals surface area contributed by atoms with E-state index >= 15 is 0 Å². The van der Waals surface area contributed by atoms with Crippen LogP contribution in [-0.2, 0) is 4.79 Å². The van der Waals surface area contributed by atoms with Gasteiger partial charge in [0, 0.05) is 26.2 Å². The van der Waals surface area contributed by atoms with Gasteiger partial charge in [-0.2, -0.15) is 9.78 Å². The molecule has 2 heterocycles. The molecule has 33 heavy (non-hydrogen) atoms. The predicted molar refractivity (Wildman–Crippen MR) is 126 cm³/mol. The number of carbonyl (C=O) groups is 2. The molecule has 9 nitrogen and oxygen atoms in total. The van der Waals surface area contributed by atoms with Crippen molar-refractivity contribution in [3.63, 3.8) is 0 Å². The van der Waals surface area contributed by atoms with Crippen molar-refractivity contribution in [1.82, 2.24) is 20.0 Å². The van der Waals surface area contributed by atoms with Crippen LogP contribution in [0.2, 0.25) is 5.02 Å². The third-order valence-corrected chi connectivity index (χ3v) is 5.89. The van der Waals surface area contributed by atoms with Gasteiger partial charge in [-0.25, -0.2) is 4.79 Å². The summed E-state index contributed by atoms with van der Waals surface area (Å²) in [4.78, 5) is 40.8. The lowest BCUT2D eigenvalue weighted by atomic mass is 10.0. The summed E-state index contributed by atoms with van der Waals surface area (Å²) in [6.07, 6.45) is 1.58. The SMILES string of the molecule is NC(=O)NC(=O)C(c1ccccc1)N1CCN(c2cnn(-c3ccccc3)c(=O)c2Cl)CC1. The number of urea groups is 1. The summed E-state index contributed by atoms with van der Waals surface area (Å²) in [5, 5.41) is 6.58. The van der Waals surface area contributed by atoms with Crippen molar-refractivity contribution in [2.24, 2.45) is 5.73 Å². The molecule has 2 aromatic carbocycles. The van der Waals surface area contributed by atoms with Crippen molar-refractivity contribution in [1.29, 1.82) is 0 Å². The average Bonchev–Trinajstić information content (AvgIpc) is 2.82. The van der Waals surface area contributed by atoms with Gasteiger partial charge in [0.2, 0.25) is 5.91 Å². The predicted octanol–water partition coefficient (Wildman–Crippen LogP) is 1.94. The maximum absolute atomic E-state index is 12.8. The molecule has 170 valence electrons. The van der Waals surface area contributed by atoms with Crippen LogP contribution in [0.25, 0.3) is 5.69 Å². The minimum atomic E-state index is -0.892. The van der Waals surface area contributed by atoms with E-state index in [0.717, 1.165) is 5.56 Å². The molecule has 0 saturated carbocycles. The largest absolute Gasteiger partial charge is 0.366 e. The van der Waals surface area contributed by atoms with Gasteiger partial charge in [-0.1, -0.05) is 60.1 Å². The molecule has 1 fully saturated rings. The Morgan fingerprint density at radius 1 is 0.970 bits per heavy atom. The molecule has 1 atom stereocenters. The van der Waals surface area contributed by atoms with E-state index in [1.165, 1.54) is 4.68 Å². The summed E-state index contributed by atoms with van der Waals surface area (Å²) >= 11 is 6.44. The van der Waals surface area contributed by atoms with Crippen LogP contribution in [-0.4, -0.2) is 52.8 Å². The summed E-state index contributed by atoms with van der Waals surface area (Å²) in [7, 11) is 0. The molecule has 0 radical (unpaired) electrons. The fraction of sp³-hybridized carbons (Fsp3) is 0.217. The number of nitrogens with two attached hydrogens (primary N) is 1. The number of aromatic nitrogens is 2. The van der Waals surface area contributed by atoms with E-state index in [2.05, 4.69) is 10.4 Å². The number of rotatable bonds is 5. The van der Waals surface area contributed by atoms with Gasteiger partial charge < -0.3 is 10.6 Å². The van der Waals surface area contributed by atoms with Crippen LogP contribution in [0.5, 0.6) is 0 Å². The molecule has 1 aromatic heterocycles. The smallest absolute Gasteiger partial charge is 0.318 e. The number of para-hydroxylation sites is 1. The third kappa shape index (κ3) is 4.89. The number of primary amides is 1. The molecule has 3 N–H and O–H groups in total. The van der Waals surface area contributed by atoms with E-state index in [1.54, 1.807) is 18.3 Å². The summed E-state index contributed by atoms with van der Waals surface area (Å²) in [6.45, 7) is 2.04. The first-order valence-corrected chi connectivity index (χ1v) is 10.8. The molecule has 1 unspecified atom stereocenters. The van der Waals surface area contributed by atoms with Crippen LogP contribution < -0.4 is 21.5 Å². The highest BCUT2D eigenvalue weighted by atomic mass is 35.5. The van der Waals surface area contributed by atoms with Crippen LogP contribution >= 0.6 is 11.6 Å². The number of hydrogen-bond acceptors (Lipinski definition) is 6. The zero-order valence-corrected chi connectivity index (χ0v) is 18.5. The number of nitrogens with one attached hydrogen (secondary N) is 1. The lowest BCUT2D eigenvalue weighted by molar-refractivity contribution is -0.125. The first-order chi connectivity index (χ1) is 16.0. The lowest BCUT2D eigenvalue weighted by Gasteiger charge is -2.39. The van der Waals surface area contributed by atoms with Crippen molar-refractivity contribution < 1.29 is 9.59 Å². The second kappa shape index (κ2) is 9.85. The van der Waals surface area contributed by atoms with E-state index in [4.69, 9.17) is 17.3 Å². The van der Waals surface area contributed by atoms with Gasteiger partial charge in [0.25, 0.3) is 5.56 Å². The molecule has 1 aliphatic heterocycles. The van der Waals surface area contributed by atoms with Crippen molar-refractivity contribution >= 4 is 29.2 Å². The Balaban J connectivity index is 1.53. The standard InChI is InChI=1S/C23H23ClN6O3/c24-19-18(15-26-30(22(19)32)17-9-5-2-6-10-17)28-11-13-29(14-12-28)20(21(31)27-23(25)33)16-7-3-1-4-8-16/h1-10,15,20H,11-14H2,(H3,25,27,31,33). The zero-order chi connectivity index (χ0) is 23.4. The Kier molecular flexibility index (Phi) is 6.71. The molecular formula is C23H23ClN6O3. The molecule has 0 bridgehead atoms. The van der Waals surface area contributed by atoms with Crippen LogP contribution in [0, 0.1) is 0 Å². The molecule has 0 aliphatic carbocycles. The van der Waals surface area contributed by atoms with E-state index in [-0.39, 0.29) is 5.02 Å². The van der Waals surface area contributed by atoms with Gasteiger partial charge in [-0.3, -0.25) is 19.8 Å². The van der Waals surface area contributed by atoms with Crippen LogP contribution in [0.4, 0.5) is 10.5 Å². The van der Waals surface area contributed by atoms with Gasteiger partial charge in [0.15, 0.2) is 0 Å². The van der Waals surface area contributed by atoms with Crippen LogP contribution in [0.3, 0.4) is 0 Å². The summed E-state index contributed by atoms with van der Waals surface area (Å²) < 4.78 is 1.27. The Morgan fingerprint density at radius 2 is 1.58 bits per heavy atom. The van der Waals surface area contributed by atoms with Crippen molar-refractivity contribution in [2.45, 2.75) is 6.04 Å². The van der Waals surface area contributed by atoms with E-state index in [1.807, 2.05) is 58.3 Å². The Bertz CT molecular complexity index is 1190. The minimum absolute atomic E-state index is 0.0911. The molecule has 1 saturated heterocycles. The Morgan fingerprint density at radius 3 is 2.18 bits per heavy atom. The summed E-state index contributed by atoms with van der Waals surface area (Å²) in [5.74, 6) is -0.479. The molecule has 10 heteroatoms. The van der Waals surface area contributed by atoms with E-state index in [0.29, 0.717) is 37.6 Å². The van der Waals surface area contributed by atoms with Crippen molar-refractivity contribution in [3.05, 3.63) is 87.8 Å². The van der Waals surface area contributed by atoms with E-state index in [9.17, 15) is 14.4 Å².